The first-order valence-corrected chi connectivity index (χ1v) is 2.60. The lowest BCUT2D eigenvalue weighted by molar-refractivity contribution is -0.104. The van der Waals surface area contributed by atoms with Gasteiger partial charge in [0, 0.05) is 0 Å². The molecule has 52 valence electrons. The summed E-state index contributed by atoms with van der Waals surface area (Å²) in [7, 11) is 1.48. The van der Waals surface area contributed by atoms with E-state index in [9.17, 15) is 4.79 Å². The minimum atomic E-state index is 0.0771. The van der Waals surface area contributed by atoms with E-state index in [1.807, 2.05) is 0 Å². The number of hydrogen-bond acceptors (Lipinski definition) is 3. The van der Waals surface area contributed by atoms with Crippen molar-refractivity contribution in [1.29, 1.82) is 5.26 Å². The maximum absolute atomic E-state index is 9.96. The molecule has 10 heavy (non-hydrogen) atoms. The van der Waals surface area contributed by atoms with E-state index < -0.39 is 0 Å². The Bertz CT molecular complexity index is 198. The van der Waals surface area contributed by atoms with Gasteiger partial charge in [-0.05, 0) is 12.2 Å². The first-order valence-electron chi connectivity index (χ1n) is 2.60. The molecule has 0 radical (unpaired) electrons. The van der Waals surface area contributed by atoms with Gasteiger partial charge in [-0.1, -0.05) is 0 Å². The van der Waals surface area contributed by atoms with Crippen LogP contribution in [0.15, 0.2) is 24.0 Å². The third-order valence-electron chi connectivity index (χ3n) is 0.746. The van der Waals surface area contributed by atoms with Gasteiger partial charge in [-0.2, -0.15) is 5.26 Å². The summed E-state index contributed by atoms with van der Waals surface area (Å²) in [6.07, 6.45) is 4.71. The van der Waals surface area contributed by atoms with Crippen molar-refractivity contribution in [1.82, 2.24) is 0 Å². The van der Waals surface area contributed by atoms with Gasteiger partial charge in [0.15, 0.2) is 6.29 Å². The van der Waals surface area contributed by atoms with E-state index >= 15 is 0 Å². The van der Waals surface area contributed by atoms with Crippen LogP contribution in [-0.2, 0) is 9.53 Å². The predicted octanol–water partition coefficient (Wildman–Crippen LogP) is 0.795. The van der Waals surface area contributed by atoms with Gasteiger partial charge in [0.2, 0.25) is 0 Å². The largest absolute Gasteiger partial charge is 0.504 e. The van der Waals surface area contributed by atoms with E-state index in [0.717, 1.165) is 0 Å². The maximum Gasteiger partial charge on any atom is 0.160 e. The molecule has 0 fully saturated rings. The zero-order valence-electron chi connectivity index (χ0n) is 5.57. The number of allylic oxidation sites excluding steroid dienone is 3. The molecule has 0 amide bonds. The van der Waals surface area contributed by atoms with E-state index in [0.29, 0.717) is 6.29 Å². The van der Waals surface area contributed by atoms with Crippen LogP contribution >= 0.6 is 0 Å². The number of methoxy groups -OCH3 is 1. The summed E-state index contributed by atoms with van der Waals surface area (Å²) in [6.45, 7) is 0. The van der Waals surface area contributed by atoms with Gasteiger partial charge in [-0.25, -0.2) is 0 Å². The molecule has 0 saturated carbocycles. The van der Waals surface area contributed by atoms with Crippen LogP contribution in [0.2, 0.25) is 0 Å². The van der Waals surface area contributed by atoms with Crippen LogP contribution in [0.5, 0.6) is 0 Å². The van der Waals surface area contributed by atoms with E-state index in [1.165, 1.54) is 25.5 Å². The second-order valence-corrected chi connectivity index (χ2v) is 1.42. The summed E-state index contributed by atoms with van der Waals surface area (Å²) in [6, 6.07) is 1.70. The van der Waals surface area contributed by atoms with Crippen molar-refractivity contribution in [3.8, 4) is 6.07 Å². The molecule has 0 bridgehead atoms. The zero-order chi connectivity index (χ0) is 7.82. The highest BCUT2D eigenvalue weighted by Crippen LogP contribution is 1.86. The van der Waals surface area contributed by atoms with Crippen LogP contribution in [0, 0.1) is 11.3 Å². The number of hydrogen-bond donors (Lipinski definition) is 0. The highest BCUT2D eigenvalue weighted by atomic mass is 16.5. The maximum atomic E-state index is 9.96. The topological polar surface area (TPSA) is 50.1 Å². The Balaban J connectivity index is 4.02. The number of nitrogens with zero attached hydrogens (tertiary/aromatic N) is 1. The lowest BCUT2D eigenvalue weighted by Crippen LogP contribution is -1.76. The third kappa shape index (κ3) is 3.44. The lowest BCUT2D eigenvalue weighted by atomic mass is 10.3. The molecular formula is C7H7NO2. The fourth-order valence-corrected chi connectivity index (χ4v) is 0.324. The van der Waals surface area contributed by atoms with Gasteiger partial charge in [0.05, 0.1) is 18.9 Å². The number of nitriles is 1. The van der Waals surface area contributed by atoms with Gasteiger partial charge in [0.25, 0.3) is 0 Å². The van der Waals surface area contributed by atoms with E-state index in [-0.39, 0.29) is 5.57 Å². The van der Waals surface area contributed by atoms with Crippen molar-refractivity contribution in [3.05, 3.63) is 24.0 Å². The van der Waals surface area contributed by atoms with Gasteiger partial charge < -0.3 is 4.74 Å². The van der Waals surface area contributed by atoms with Crippen LogP contribution in [-0.4, -0.2) is 13.4 Å². The Morgan fingerprint density at radius 2 is 2.40 bits per heavy atom. The molecule has 0 aliphatic heterocycles. The quantitative estimate of drug-likeness (QED) is 0.190. The summed E-state index contributed by atoms with van der Waals surface area (Å²) >= 11 is 0. The molecule has 0 rings (SSSR count). The number of ether oxygens (including phenoxy) is 1. The van der Waals surface area contributed by atoms with Crippen LogP contribution in [0.3, 0.4) is 0 Å². The predicted molar refractivity (Wildman–Crippen MR) is 35.9 cm³/mol. The first-order chi connectivity index (χ1) is 4.85. The average molecular weight is 137 g/mol. The van der Waals surface area contributed by atoms with Crippen molar-refractivity contribution in [2.24, 2.45) is 0 Å². The number of carbonyl (C=O) groups excluding carboxylic acids is 1. The van der Waals surface area contributed by atoms with Gasteiger partial charge >= 0.3 is 0 Å². The summed E-state index contributed by atoms with van der Waals surface area (Å²) in [4.78, 5) is 9.96. The summed E-state index contributed by atoms with van der Waals surface area (Å²) < 4.78 is 4.53. The monoisotopic (exact) mass is 137 g/mol. The van der Waals surface area contributed by atoms with Crippen molar-refractivity contribution < 1.29 is 9.53 Å². The number of aldehydes is 1. The smallest absolute Gasteiger partial charge is 0.160 e. The Kier molecular flexibility index (Phi) is 4.70. The van der Waals surface area contributed by atoms with E-state index in [4.69, 9.17) is 5.26 Å². The highest BCUT2D eigenvalue weighted by molar-refractivity contribution is 5.79. The molecule has 0 saturated heterocycles. The third-order valence-corrected chi connectivity index (χ3v) is 0.746. The number of rotatable bonds is 3. The van der Waals surface area contributed by atoms with Crippen molar-refractivity contribution in [2.45, 2.75) is 0 Å². The van der Waals surface area contributed by atoms with E-state index in [2.05, 4.69) is 4.74 Å². The van der Waals surface area contributed by atoms with Gasteiger partial charge in [-0.3, -0.25) is 4.79 Å². The molecule has 0 unspecified atom stereocenters. The van der Waals surface area contributed by atoms with Crippen LogP contribution in [0.4, 0.5) is 0 Å². The summed E-state index contributed by atoms with van der Waals surface area (Å²) in [5.74, 6) is 0. The van der Waals surface area contributed by atoms with Gasteiger partial charge in [0.1, 0.15) is 6.07 Å². The molecule has 0 spiro atoms. The molecule has 0 aromatic heterocycles. The fourth-order valence-electron chi connectivity index (χ4n) is 0.324. The van der Waals surface area contributed by atoms with Crippen molar-refractivity contribution in [3.63, 3.8) is 0 Å². The normalized spacial score (nSPS) is 11.0. The SMILES string of the molecule is CO/C=C/C=C(/C#N)C=O. The molecule has 0 aromatic rings. The van der Waals surface area contributed by atoms with Crippen molar-refractivity contribution in [2.75, 3.05) is 7.11 Å². The Labute approximate surface area is 59.2 Å². The molecule has 0 N–H and O–H groups in total. The second-order valence-electron chi connectivity index (χ2n) is 1.42. The fraction of sp³-hybridized carbons (Fsp3) is 0.143. The molecule has 3 heteroatoms. The van der Waals surface area contributed by atoms with Crippen LogP contribution in [0.1, 0.15) is 0 Å². The minimum absolute atomic E-state index is 0.0771. The molecule has 0 aromatic carbocycles. The van der Waals surface area contributed by atoms with Crippen LogP contribution in [0.25, 0.3) is 0 Å². The second kappa shape index (κ2) is 5.57. The molecule has 0 aliphatic rings. The van der Waals surface area contributed by atoms with Crippen molar-refractivity contribution >= 4 is 6.29 Å². The summed E-state index contributed by atoms with van der Waals surface area (Å²) in [5.41, 5.74) is 0.0771. The zero-order valence-corrected chi connectivity index (χ0v) is 5.57. The number of carbonyl (C=O) groups is 1. The average Bonchev–Trinajstić information content (AvgIpc) is 1.99. The molecular weight excluding hydrogens is 130 g/mol. The molecule has 3 nitrogen and oxygen atoms in total. The first kappa shape index (κ1) is 8.44. The Morgan fingerprint density at radius 3 is 2.80 bits per heavy atom. The van der Waals surface area contributed by atoms with Gasteiger partial charge in [-0.15, -0.1) is 0 Å². The highest BCUT2D eigenvalue weighted by Gasteiger charge is 1.84. The Morgan fingerprint density at radius 1 is 1.70 bits per heavy atom. The summed E-state index contributed by atoms with van der Waals surface area (Å²) in [5, 5.41) is 8.20. The Hall–Kier alpha value is -1.56. The molecule has 0 atom stereocenters. The molecule has 0 aliphatic carbocycles. The lowest BCUT2D eigenvalue weighted by Gasteiger charge is -1.81. The van der Waals surface area contributed by atoms with E-state index in [1.54, 1.807) is 6.07 Å². The minimum Gasteiger partial charge on any atom is -0.504 e. The standard InChI is InChI=1S/C7H7NO2/c1-10-4-2-3-7(5-8)6-9/h2-4,6H,1H3/b4-2+,7-3-. The van der Waals surface area contributed by atoms with Crippen LogP contribution < -0.4 is 0 Å². The molecule has 0 heterocycles.